The van der Waals surface area contributed by atoms with Gasteiger partial charge in [0.15, 0.2) is 5.79 Å². The van der Waals surface area contributed by atoms with Crippen LogP contribution in [-0.2, 0) is 9.47 Å². The smallest absolute Gasteiger partial charge is 0.163 e. The van der Waals surface area contributed by atoms with E-state index in [0.29, 0.717) is 6.10 Å². The Labute approximate surface area is 88.0 Å². The van der Waals surface area contributed by atoms with E-state index in [1.807, 2.05) is 13.8 Å². The van der Waals surface area contributed by atoms with Crippen molar-refractivity contribution >= 4 is 0 Å². The third-order valence-electron chi connectivity index (χ3n) is 3.12. The standard InChI is InChI=1S/C12H24O2/c1-5-10(6-2)7-8-11-9-13-12(3,4)14-11/h10-11H,5-9H2,1-4H3. The molecule has 1 aliphatic heterocycles. The van der Waals surface area contributed by atoms with E-state index in [1.165, 1.54) is 19.3 Å². The maximum atomic E-state index is 5.77. The lowest BCUT2D eigenvalue weighted by atomic mass is 9.96. The first kappa shape index (κ1) is 12.0. The highest BCUT2D eigenvalue weighted by Gasteiger charge is 2.32. The predicted octanol–water partition coefficient (Wildman–Crippen LogP) is 3.35. The Morgan fingerprint density at radius 1 is 1.29 bits per heavy atom. The first-order chi connectivity index (χ1) is 6.57. The average Bonchev–Trinajstić information content (AvgIpc) is 2.47. The van der Waals surface area contributed by atoms with E-state index in [2.05, 4.69) is 13.8 Å². The van der Waals surface area contributed by atoms with Gasteiger partial charge in [-0.25, -0.2) is 0 Å². The van der Waals surface area contributed by atoms with Crippen LogP contribution in [0.4, 0.5) is 0 Å². The third kappa shape index (κ3) is 3.58. The Kier molecular flexibility index (Phi) is 4.39. The molecule has 2 heteroatoms. The van der Waals surface area contributed by atoms with Crippen molar-refractivity contribution in [3.8, 4) is 0 Å². The van der Waals surface area contributed by atoms with Crippen molar-refractivity contribution in [3.05, 3.63) is 0 Å². The van der Waals surface area contributed by atoms with E-state index >= 15 is 0 Å². The Bertz CT molecular complexity index is 162. The molecule has 0 spiro atoms. The lowest BCUT2D eigenvalue weighted by Crippen LogP contribution is -2.21. The van der Waals surface area contributed by atoms with E-state index in [4.69, 9.17) is 9.47 Å². The normalized spacial score (nSPS) is 25.9. The molecule has 0 aromatic carbocycles. The molecule has 0 aromatic heterocycles. The van der Waals surface area contributed by atoms with E-state index in [1.54, 1.807) is 0 Å². The van der Waals surface area contributed by atoms with Crippen molar-refractivity contribution in [1.82, 2.24) is 0 Å². The van der Waals surface area contributed by atoms with Gasteiger partial charge in [-0.1, -0.05) is 26.7 Å². The second-order valence-electron chi connectivity index (χ2n) is 4.71. The zero-order valence-electron chi connectivity index (χ0n) is 10.0. The molecule has 0 N–H and O–H groups in total. The van der Waals surface area contributed by atoms with Crippen LogP contribution in [0.3, 0.4) is 0 Å². The van der Waals surface area contributed by atoms with Gasteiger partial charge in [-0.2, -0.15) is 0 Å². The molecular formula is C12H24O2. The minimum atomic E-state index is -0.349. The summed E-state index contributed by atoms with van der Waals surface area (Å²) in [5.74, 6) is 0.515. The number of ether oxygens (including phenoxy) is 2. The Morgan fingerprint density at radius 2 is 1.93 bits per heavy atom. The topological polar surface area (TPSA) is 18.5 Å². The van der Waals surface area contributed by atoms with Gasteiger partial charge in [-0.3, -0.25) is 0 Å². The lowest BCUT2D eigenvalue weighted by molar-refractivity contribution is -0.139. The highest BCUT2D eigenvalue weighted by Crippen LogP contribution is 2.26. The average molecular weight is 200 g/mol. The van der Waals surface area contributed by atoms with Crippen molar-refractivity contribution < 1.29 is 9.47 Å². The lowest BCUT2D eigenvalue weighted by Gasteiger charge is -2.18. The van der Waals surface area contributed by atoms with E-state index in [9.17, 15) is 0 Å². The van der Waals surface area contributed by atoms with Gasteiger partial charge < -0.3 is 9.47 Å². The van der Waals surface area contributed by atoms with E-state index < -0.39 is 0 Å². The fourth-order valence-corrected chi connectivity index (χ4v) is 2.02. The molecule has 0 radical (unpaired) electrons. The van der Waals surface area contributed by atoms with Crippen molar-refractivity contribution in [2.75, 3.05) is 6.61 Å². The van der Waals surface area contributed by atoms with Gasteiger partial charge in [0.25, 0.3) is 0 Å². The molecule has 0 aliphatic carbocycles. The maximum Gasteiger partial charge on any atom is 0.163 e. The molecule has 0 bridgehead atoms. The minimum Gasteiger partial charge on any atom is -0.348 e. The molecule has 14 heavy (non-hydrogen) atoms. The zero-order chi connectivity index (χ0) is 10.6. The molecule has 1 heterocycles. The molecule has 2 nitrogen and oxygen atoms in total. The number of rotatable bonds is 5. The van der Waals surface area contributed by atoms with Crippen LogP contribution in [0.25, 0.3) is 0 Å². The Balaban J connectivity index is 2.20. The van der Waals surface area contributed by atoms with Gasteiger partial charge in [0, 0.05) is 0 Å². The number of hydrogen-bond acceptors (Lipinski definition) is 2. The van der Waals surface area contributed by atoms with Gasteiger partial charge in [-0.15, -0.1) is 0 Å². The summed E-state index contributed by atoms with van der Waals surface area (Å²) in [5.41, 5.74) is 0. The number of hydrogen-bond donors (Lipinski definition) is 0. The summed E-state index contributed by atoms with van der Waals surface area (Å²) in [6.45, 7) is 9.29. The monoisotopic (exact) mass is 200 g/mol. The zero-order valence-corrected chi connectivity index (χ0v) is 10.0. The van der Waals surface area contributed by atoms with Crippen LogP contribution in [0.5, 0.6) is 0 Å². The van der Waals surface area contributed by atoms with Crippen LogP contribution >= 0.6 is 0 Å². The molecule has 0 amide bonds. The summed E-state index contributed by atoms with van der Waals surface area (Å²) >= 11 is 0. The van der Waals surface area contributed by atoms with E-state index in [0.717, 1.165) is 18.9 Å². The van der Waals surface area contributed by atoms with Gasteiger partial charge in [0.1, 0.15) is 0 Å². The summed E-state index contributed by atoms with van der Waals surface area (Å²) < 4.78 is 11.3. The summed E-state index contributed by atoms with van der Waals surface area (Å²) in [6.07, 6.45) is 5.32. The van der Waals surface area contributed by atoms with Crippen molar-refractivity contribution in [1.29, 1.82) is 0 Å². The molecule has 1 saturated heterocycles. The highest BCUT2D eigenvalue weighted by atomic mass is 16.7. The minimum absolute atomic E-state index is 0.325. The maximum absolute atomic E-state index is 5.77. The van der Waals surface area contributed by atoms with Crippen LogP contribution in [0.1, 0.15) is 53.4 Å². The second-order valence-corrected chi connectivity index (χ2v) is 4.71. The fraction of sp³-hybridized carbons (Fsp3) is 1.00. The predicted molar refractivity (Wildman–Crippen MR) is 58.2 cm³/mol. The van der Waals surface area contributed by atoms with Crippen molar-refractivity contribution in [2.24, 2.45) is 5.92 Å². The molecule has 1 atom stereocenters. The third-order valence-corrected chi connectivity index (χ3v) is 3.12. The van der Waals surface area contributed by atoms with E-state index in [-0.39, 0.29) is 5.79 Å². The molecule has 84 valence electrons. The quantitative estimate of drug-likeness (QED) is 0.677. The Hall–Kier alpha value is -0.0800. The first-order valence-corrected chi connectivity index (χ1v) is 5.89. The van der Waals surface area contributed by atoms with Crippen molar-refractivity contribution in [3.63, 3.8) is 0 Å². The summed E-state index contributed by atoms with van der Waals surface area (Å²) in [6, 6.07) is 0. The van der Waals surface area contributed by atoms with Gasteiger partial charge in [-0.05, 0) is 32.6 Å². The first-order valence-electron chi connectivity index (χ1n) is 5.89. The van der Waals surface area contributed by atoms with Crippen LogP contribution in [0, 0.1) is 5.92 Å². The summed E-state index contributed by atoms with van der Waals surface area (Å²) in [5, 5.41) is 0. The van der Waals surface area contributed by atoms with Crippen molar-refractivity contribution in [2.45, 2.75) is 65.3 Å². The van der Waals surface area contributed by atoms with Gasteiger partial charge >= 0.3 is 0 Å². The van der Waals surface area contributed by atoms with Gasteiger partial charge in [0.2, 0.25) is 0 Å². The molecule has 1 aliphatic rings. The largest absolute Gasteiger partial charge is 0.348 e. The SMILES string of the molecule is CCC(CC)CCC1COC(C)(C)O1. The Morgan fingerprint density at radius 3 is 2.36 bits per heavy atom. The van der Waals surface area contributed by atoms with Crippen LogP contribution in [-0.4, -0.2) is 18.5 Å². The van der Waals surface area contributed by atoms with Crippen LogP contribution in [0.2, 0.25) is 0 Å². The molecular weight excluding hydrogens is 176 g/mol. The van der Waals surface area contributed by atoms with Crippen LogP contribution in [0.15, 0.2) is 0 Å². The summed E-state index contributed by atoms with van der Waals surface area (Å²) in [7, 11) is 0. The fourth-order valence-electron chi connectivity index (χ4n) is 2.02. The van der Waals surface area contributed by atoms with Crippen LogP contribution < -0.4 is 0 Å². The molecule has 0 saturated carbocycles. The molecule has 1 unspecified atom stereocenters. The highest BCUT2D eigenvalue weighted by molar-refractivity contribution is 4.71. The van der Waals surface area contributed by atoms with Gasteiger partial charge in [0.05, 0.1) is 12.7 Å². The summed E-state index contributed by atoms with van der Waals surface area (Å²) in [4.78, 5) is 0. The molecule has 0 aromatic rings. The second kappa shape index (κ2) is 5.13. The molecule has 1 rings (SSSR count). The molecule has 1 fully saturated rings.